The summed E-state index contributed by atoms with van der Waals surface area (Å²) in [5.74, 6) is 0. The van der Waals surface area contributed by atoms with E-state index < -0.39 is 0 Å². The summed E-state index contributed by atoms with van der Waals surface area (Å²) in [4.78, 5) is 17.8. The number of hydrogen-bond acceptors (Lipinski definition) is 2. The second-order valence-corrected chi connectivity index (χ2v) is 9.52. The number of benzene rings is 2. The van der Waals surface area contributed by atoms with Gasteiger partial charge in [-0.3, -0.25) is 4.90 Å². The first-order valence-electron chi connectivity index (χ1n) is 10.9. The maximum absolute atomic E-state index is 13.1. The van der Waals surface area contributed by atoms with Gasteiger partial charge in [0.1, 0.15) is 0 Å². The van der Waals surface area contributed by atoms with Crippen LogP contribution < -0.4 is 5.32 Å². The van der Waals surface area contributed by atoms with Gasteiger partial charge in [0.25, 0.3) is 0 Å². The number of hydrogen-bond donors (Lipinski definition) is 1. The largest absolute Gasteiger partial charge is 0.322 e. The van der Waals surface area contributed by atoms with Crippen molar-refractivity contribution in [1.29, 1.82) is 0 Å². The standard InChI is InChI=1S/C25H33N3O/c1-25(2,3)20-9-11-21(12-10-20)26-24(29)28-16-15-27(22-13-14-22)18-23(28)17-19-7-5-4-6-8-19/h4-12,22-23H,13-18H2,1-3H3,(H,26,29). The van der Waals surface area contributed by atoms with E-state index in [-0.39, 0.29) is 17.5 Å². The number of carbonyl (C=O) groups excluding carboxylic acids is 1. The summed E-state index contributed by atoms with van der Waals surface area (Å²) in [6.07, 6.45) is 3.52. The highest BCUT2D eigenvalue weighted by Crippen LogP contribution is 2.30. The van der Waals surface area contributed by atoms with E-state index in [1.54, 1.807) is 0 Å². The van der Waals surface area contributed by atoms with Gasteiger partial charge in [-0.05, 0) is 47.9 Å². The molecule has 2 amide bonds. The van der Waals surface area contributed by atoms with Crippen molar-refractivity contribution >= 4 is 11.7 Å². The number of anilines is 1. The van der Waals surface area contributed by atoms with Crippen LogP contribution in [0.4, 0.5) is 10.5 Å². The predicted molar refractivity (Wildman–Crippen MR) is 119 cm³/mol. The Kier molecular flexibility index (Phi) is 5.64. The molecule has 1 unspecified atom stereocenters. The van der Waals surface area contributed by atoms with Gasteiger partial charge in [-0.25, -0.2) is 4.79 Å². The molecule has 2 aromatic rings. The Labute approximate surface area is 174 Å². The van der Waals surface area contributed by atoms with Gasteiger partial charge >= 0.3 is 6.03 Å². The normalized spacial score (nSPS) is 20.5. The third kappa shape index (κ3) is 4.99. The molecule has 4 rings (SSSR count). The Bertz CT molecular complexity index is 821. The van der Waals surface area contributed by atoms with E-state index in [4.69, 9.17) is 0 Å². The predicted octanol–water partition coefficient (Wildman–Crippen LogP) is 4.91. The molecular weight excluding hydrogens is 358 g/mol. The summed E-state index contributed by atoms with van der Waals surface area (Å²) >= 11 is 0. The van der Waals surface area contributed by atoms with Crippen molar-refractivity contribution in [1.82, 2.24) is 9.80 Å². The van der Waals surface area contributed by atoms with Gasteiger partial charge in [-0.2, -0.15) is 0 Å². The van der Waals surface area contributed by atoms with Gasteiger partial charge in [0.2, 0.25) is 0 Å². The molecule has 2 aliphatic rings. The third-order valence-electron chi connectivity index (χ3n) is 6.15. The van der Waals surface area contributed by atoms with E-state index in [0.29, 0.717) is 0 Å². The molecule has 154 valence electrons. The fourth-order valence-corrected chi connectivity index (χ4v) is 4.23. The smallest absolute Gasteiger partial charge is 0.319 e. The van der Waals surface area contributed by atoms with Crippen LogP contribution in [0.25, 0.3) is 0 Å². The second-order valence-electron chi connectivity index (χ2n) is 9.52. The first-order chi connectivity index (χ1) is 13.9. The van der Waals surface area contributed by atoms with Crippen LogP contribution in [0, 0.1) is 0 Å². The molecule has 1 saturated carbocycles. The minimum Gasteiger partial charge on any atom is -0.319 e. The lowest BCUT2D eigenvalue weighted by molar-refractivity contribution is 0.0954. The SMILES string of the molecule is CC(C)(C)c1ccc(NC(=O)N2CCN(C3CC3)CC2Cc2ccccc2)cc1. The fraction of sp³-hybridized carbons (Fsp3) is 0.480. The zero-order valence-corrected chi connectivity index (χ0v) is 17.9. The zero-order chi connectivity index (χ0) is 20.4. The van der Waals surface area contributed by atoms with Gasteiger partial charge in [0.05, 0.1) is 6.04 Å². The van der Waals surface area contributed by atoms with Crippen LogP contribution in [0.5, 0.6) is 0 Å². The summed E-state index contributed by atoms with van der Waals surface area (Å²) < 4.78 is 0. The van der Waals surface area contributed by atoms with Crippen LogP contribution in [0.1, 0.15) is 44.7 Å². The highest BCUT2D eigenvalue weighted by Gasteiger charge is 2.37. The molecule has 4 heteroatoms. The number of urea groups is 1. The molecule has 29 heavy (non-hydrogen) atoms. The van der Waals surface area contributed by atoms with Gasteiger partial charge in [0, 0.05) is 31.4 Å². The second kappa shape index (κ2) is 8.19. The third-order valence-corrected chi connectivity index (χ3v) is 6.15. The Morgan fingerprint density at radius 3 is 2.31 bits per heavy atom. The minimum atomic E-state index is 0.0184. The monoisotopic (exact) mass is 391 g/mol. The van der Waals surface area contributed by atoms with E-state index in [2.05, 4.69) is 67.4 Å². The quantitative estimate of drug-likeness (QED) is 0.804. The molecule has 1 aliphatic heterocycles. The number of rotatable bonds is 4. The van der Waals surface area contributed by atoms with E-state index in [1.807, 2.05) is 23.1 Å². The molecule has 1 aliphatic carbocycles. The number of piperazine rings is 1. The maximum atomic E-state index is 13.1. The summed E-state index contributed by atoms with van der Waals surface area (Å²) in [7, 11) is 0. The van der Waals surface area contributed by atoms with Gasteiger partial charge in [-0.15, -0.1) is 0 Å². The average Bonchev–Trinajstić information content (AvgIpc) is 3.54. The zero-order valence-electron chi connectivity index (χ0n) is 17.9. The van der Waals surface area contributed by atoms with Crippen LogP contribution in [0.2, 0.25) is 0 Å². The van der Waals surface area contributed by atoms with Crippen molar-refractivity contribution < 1.29 is 4.79 Å². The molecule has 2 aromatic carbocycles. The molecule has 0 spiro atoms. The molecule has 1 heterocycles. The van der Waals surface area contributed by atoms with E-state index in [1.165, 1.54) is 24.0 Å². The fourth-order valence-electron chi connectivity index (χ4n) is 4.23. The number of nitrogens with one attached hydrogen (secondary N) is 1. The molecule has 4 nitrogen and oxygen atoms in total. The Morgan fingerprint density at radius 2 is 1.69 bits per heavy atom. The minimum absolute atomic E-state index is 0.0184. The van der Waals surface area contributed by atoms with Crippen LogP contribution >= 0.6 is 0 Å². The van der Waals surface area contributed by atoms with E-state index in [9.17, 15) is 4.79 Å². The van der Waals surface area contributed by atoms with Crippen LogP contribution in [0.15, 0.2) is 54.6 Å². The van der Waals surface area contributed by atoms with Crippen molar-refractivity contribution in [3.8, 4) is 0 Å². The van der Waals surface area contributed by atoms with Gasteiger partial charge < -0.3 is 10.2 Å². The van der Waals surface area contributed by atoms with Gasteiger partial charge in [-0.1, -0.05) is 63.2 Å². The topological polar surface area (TPSA) is 35.6 Å². The lowest BCUT2D eigenvalue weighted by atomic mass is 9.87. The van der Waals surface area contributed by atoms with E-state index >= 15 is 0 Å². The first-order valence-corrected chi connectivity index (χ1v) is 10.9. The highest BCUT2D eigenvalue weighted by molar-refractivity contribution is 5.89. The Hall–Kier alpha value is -2.33. The van der Waals surface area contributed by atoms with Crippen molar-refractivity contribution in [3.63, 3.8) is 0 Å². The Balaban J connectivity index is 1.45. The number of amides is 2. The lowest BCUT2D eigenvalue weighted by Gasteiger charge is -2.41. The Morgan fingerprint density at radius 1 is 1.00 bits per heavy atom. The molecule has 0 aromatic heterocycles. The van der Waals surface area contributed by atoms with Crippen molar-refractivity contribution in [2.75, 3.05) is 25.0 Å². The maximum Gasteiger partial charge on any atom is 0.322 e. The first kappa shape index (κ1) is 20.0. The van der Waals surface area contributed by atoms with Crippen molar-refractivity contribution in [3.05, 3.63) is 65.7 Å². The lowest BCUT2D eigenvalue weighted by Crippen LogP contribution is -2.57. The molecular formula is C25H33N3O. The van der Waals surface area contributed by atoms with Gasteiger partial charge in [0.15, 0.2) is 0 Å². The van der Waals surface area contributed by atoms with Crippen molar-refractivity contribution in [2.24, 2.45) is 0 Å². The average molecular weight is 392 g/mol. The summed E-state index contributed by atoms with van der Waals surface area (Å²) in [6.45, 7) is 9.35. The van der Waals surface area contributed by atoms with Crippen LogP contribution in [-0.4, -0.2) is 47.5 Å². The summed E-state index contributed by atoms with van der Waals surface area (Å²) in [6, 6.07) is 19.8. The molecule has 1 atom stereocenters. The molecule has 2 fully saturated rings. The molecule has 1 N–H and O–H groups in total. The highest BCUT2D eigenvalue weighted by atomic mass is 16.2. The number of nitrogens with zero attached hydrogens (tertiary/aromatic N) is 2. The molecule has 0 radical (unpaired) electrons. The molecule has 1 saturated heterocycles. The van der Waals surface area contributed by atoms with Crippen LogP contribution in [-0.2, 0) is 11.8 Å². The summed E-state index contributed by atoms with van der Waals surface area (Å²) in [5, 5.41) is 3.13. The molecule has 0 bridgehead atoms. The summed E-state index contributed by atoms with van der Waals surface area (Å²) in [5.41, 5.74) is 3.55. The van der Waals surface area contributed by atoms with Crippen molar-refractivity contribution in [2.45, 2.75) is 57.5 Å². The number of carbonyl (C=O) groups is 1. The van der Waals surface area contributed by atoms with Crippen LogP contribution in [0.3, 0.4) is 0 Å². The van der Waals surface area contributed by atoms with E-state index in [0.717, 1.165) is 37.8 Å².